The highest BCUT2D eigenvalue weighted by Gasteiger charge is 2.52. The van der Waals surface area contributed by atoms with E-state index in [4.69, 9.17) is 0 Å². The molecule has 0 N–H and O–H groups in total. The van der Waals surface area contributed by atoms with Crippen LogP contribution in [0.25, 0.3) is 0 Å². The van der Waals surface area contributed by atoms with Crippen molar-refractivity contribution in [3.63, 3.8) is 0 Å². The molecule has 2 aliphatic heterocycles. The minimum absolute atomic E-state index is 0.0675. The molecule has 2 amide bonds. The van der Waals surface area contributed by atoms with E-state index in [0.29, 0.717) is 19.6 Å². The van der Waals surface area contributed by atoms with E-state index in [-0.39, 0.29) is 23.7 Å². The molecule has 3 heterocycles. The second kappa shape index (κ2) is 5.70. The maximum absolute atomic E-state index is 12.7. The molecule has 2 unspecified atom stereocenters. The van der Waals surface area contributed by atoms with Crippen LogP contribution in [-0.4, -0.2) is 39.8 Å². The summed E-state index contributed by atoms with van der Waals surface area (Å²) in [5.41, 5.74) is 1.85. The predicted octanol–water partition coefficient (Wildman–Crippen LogP) is 1.41. The summed E-state index contributed by atoms with van der Waals surface area (Å²) >= 11 is 0. The second-order valence-corrected chi connectivity index (χ2v) is 6.38. The highest BCUT2D eigenvalue weighted by molar-refractivity contribution is 6.06. The Morgan fingerprint density at radius 2 is 1.71 bits per heavy atom. The van der Waals surface area contributed by atoms with Gasteiger partial charge in [-0.25, -0.2) is 9.97 Å². The zero-order valence-corrected chi connectivity index (χ0v) is 13.4. The van der Waals surface area contributed by atoms with Gasteiger partial charge in [0, 0.05) is 24.8 Å². The lowest BCUT2D eigenvalue weighted by atomic mass is 10.00. The smallest absolute Gasteiger partial charge is 0.235 e. The first-order valence-corrected chi connectivity index (χ1v) is 8.06. The van der Waals surface area contributed by atoms with Crippen LogP contribution in [0.1, 0.15) is 11.3 Å². The Morgan fingerprint density at radius 1 is 1.04 bits per heavy atom. The van der Waals surface area contributed by atoms with Crippen molar-refractivity contribution in [2.24, 2.45) is 11.8 Å². The molecule has 2 fully saturated rings. The Morgan fingerprint density at radius 3 is 2.33 bits per heavy atom. The third-order valence-corrected chi connectivity index (χ3v) is 4.78. The van der Waals surface area contributed by atoms with Gasteiger partial charge < -0.3 is 4.90 Å². The molecule has 2 aliphatic rings. The van der Waals surface area contributed by atoms with Crippen molar-refractivity contribution >= 4 is 17.6 Å². The van der Waals surface area contributed by atoms with Gasteiger partial charge in [-0.05, 0) is 12.5 Å². The van der Waals surface area contributed by atoms with Crippen LogP contribution in [0.5, 0.6) is 0 Å². The SMILES string of the molecule is Cc1cc(N2CC3C(=O)N(Cc4ccccc4)C(=O)C3C2)ncn1. The van der Waals surface area contributed by atoms with Gasteiger partial charge in [0.25, 0.3) is 0 Å². The summed E-state index contributed by atoms with van der Waals surface area (Å²) in [6.07, 6.45) is 1.52. The molecule has 4 rings (SSSR count). The van der Waals surface area contributed by atoms with Crippen molar-refractivity contribution < 1.29 is 9.59 Å². The third kappa shape index (κ3) is 2.44. The minimum atomic E-state index is -0.267. The molecule has 2 aromatic rings. The quantitative estimate of drug-likeness (QED) is 0.799. The van der Waals surface area contributed by atoms with E-state index in [9.17, 15) is 9.59 Å². The Labute approximate surface area is 140 Å². The number of likely N-dealkylation sites (tertiary alicyclic amines) is 1. The van der Waals surface area contributed by atoms with E-state index in [2.05, 4.69) is 9.97 Å². The topological polar surface area (TPSA) is 66.4 Å². The molecule has 0 radical (unpaired) electrons. The molecule has 2 saturated heterocycles. The fourth-order valence-electron chi connectivity index (χ4n) is 3.54. The number of imide groups is 1. The third-order valence-electron chi connectivity index (χ3n) is 4.78. The number of carbonyl (C=O) groups is 2. The van der Waals surface area contributed by atoms with Crippen LogP contribution in [0, 0.1) is 18.8 Å². The summed E-state index contributed by atoms with van der Waals surface area (Å²) in [6, 6.07) is 11.5. The number of hydrogen-bond acceptors (Lipinski definition) is 5. The van der Waals surface area contributed by atoms with Gasteiger partial charge in [-0.3, -0.25) is 14.5 Å². The highest BCUT2D eigenvalue weighted by Crippen LogP contribution is 2.35. The first kappa shape index (κ1) is 14.8. The summed E-state index contributed by atoms with van der Waals surface area (Å²) in [4.78, 5) is 37.2. The number of amides is 2. The first-order chi connectivity index (χ1) is 11.6. The highest BCUT2D eigenvalue weighted by atomic mass is 16.2. The number of benzene rings is 1. The predicted molar refractivity (Wildman–Crippen MR) is 88.0 cm³/mol. The minimum Gasteiger partial charge on any atom is -0.355 e. The van der Waals surface area contributed by atoms with Gasteiger partial charge in [0.1, 0.15) is 12.1 Å². The van der Waals surface area contributed by atoms with Crippen molar-refractivity contribution in [3.05, 3.63) is 54.0 Å². The molecular weight excluding hydrogens is 304 g/mol. The summed E-state index contributed by atoms with van der Waals surface area (Å²) < 4.78 is 0. The van der Waals surface area contributed by atoms with Gasteiger partial charge in [0.2, 0.25) is 11.8 Å². The normalized spacial score (nSPS) is 23.0. The molecule has 6 heteroatoms. The van der Waals surface area contributed by atoms with Crippen LogP contribution >= 0.6 is 0 Å². The van der Waals surface area contributed by atoms with Crippen molar-refractivity contribution in [2.45, 2.75) is 13.5 Å². The molecule has 24 heavy (non-hydrogen) atoms. The van der Waals surface area contributed by atoms with Crippen molar-refractivity contribution in [2.75, 3.05) is 18.0 Å². The lowest BCUT2D eigenvalue weighted by Crippen LogP contribution is -2.35. The number of carbonyl (C=O) groups excluding carboxylic acids is 2. The first-order valence-electron chi connectivity index (χ1n) is 8.06. The average molecular weight is 322 g/mol. The van der Waals surface area contributed by atoms with Crippen LogP contribution in [0.2, 0.25) is 0 Å². The molecule has 0 saturated carbocycles. The molecule has 0 spiro atoms. The maximum Gasteiger partial charge on any atom is 0.235 e. The summed E-state index contributed by atoms with van der Waals surface area (Å²) in [5.74, 6) is 0.115. The van der Waals surface area contributed by atoms with Gasteiger partial charge in [-0.1, -0.05) is 30.3 Å². The fourth-order valence-corrected chi connectivity index (χ4v) is 3.54. The van der Waals surface area contributed by atoms with E-state index in [0.717, 1.165) is 17.1 Å². The lowest BCUT2D eigenvalue weighted by molar-refractivity contribution is -0.140. The summed E-state index contributed by atoms with van der Waals surface area (Å²) in [5, 5.41) is 0. The second-order valence-electron chi connectivity index (χ2n) is 6.38. The summed E-state index contributed by atoms with van der Waals surface area (Å²) in [6.45, 7) is 3.34. The molecule has 1 aromatic carbocycles. The van der Waals surface area contributed by atoms with Crippen LogP contribution < -0.4 is 4.90 Å². The standard InChI is InChI=1S/C18H18N4O2/c1-12-7-16(20-11-19-12)21-9-14-15(10-21)18(24)22(17(14)23)8-13-5-3-2-4-6-13/h2-7,11,14-15H,8-10H2,1H3. The number of aryl methyl sites for hydroxylation is 1. The number of anilines is 1. The number of aromatic nitrogens is 2. The molecule has 0 aliphatic carbocycles. The molecule has 122 valence electrons. The van der Waals surface area contributed by atoms with E-state index in [1.807, 2.05) is 48.2 Å². The molecule has 0 bridgehead atoms. The number of nitrogens with zero attached hydrogens (tertiary/aromatic N) is 4. The monoisotopic (exact) mass is 322 g/mol. The lowest BCUT2D eigenvalue weighted by Gasteiger charge is -2.21. The molecule has 2 atom stereocenters. The van der Waals surface area contributed by atoms with Crippen LogP contribution in [-0.2, 0) is 16.1 Å². The largest absolute Gasteiger partial charge is 0.355 e. The number of hydrogen-bond donors (Lipinski definition) is 0. The van der Waals surface area contributed by atoms with Crippen molar-refractivity contribution in [1.29, 1.82) is 0 Å². The van der Waals surface area contributed by atoms with E-state index < -0.39 is 0 Å². The fraction of sp³-hybridized carbons (Fsp3) is 0.333. The van der Waals surface area contributed by atoms with Gasteiger partial charge >= 0.3 is 0 Å². The zero-order valence-electron chi connectivity index (χ0n) is 13.4. The van der Waals surface area contributed by atoms with Crippen LogP contribution in [0.4, 0.5) is 5.82 Å². The van der Waals surface area contributed by atoms with Crippen LogP contribution in [0.3, 0.4) is 0 Å². The Balaban J connectivity index is 1.52. The Hall–Kier alpha value is -2.76. The van der Waals surface area contributed by atoms with Gasteiger partial charge in [0.15, 0.2) is 0 Å². The summed E-state index contributed by atoms with van der Waals surface area (Å²) in [7, 11) is 0. The van der Waals surface area contributed by atoms with Gasteiger partial charge in [-0.15, -0.1) is 0 Å². The van der Waals surface area contributed by atoms with E-state index in [1.54, 1.807) is 0 Å². The average Bonchev–Trinajstić information content (AvgIpc) is 3.12. The van der Waals surface area contributed by atoms with Gasteiger partial charge in [0.05, 0.1) is 18.4 Å². The molecular formula is C18H18N4O2. The molecule has 6 nitrogen and oxygen atoms in total. The van der Waals surface area contributed by atoms with E-state index >= 15 is 0 Å². The van der Waals surface area contributed by atoms with E-state index in [1.165, 1.54) is 11.2 Å². The Bertz CT molecular complexity index is 769. The van der Waals surface area contributed by atoms with Gasteiger partial charge in [-0.2, -0.15) is 0 Å². The number of fused-ring (bicyclic) bond motifs is 1. The van der Waals surface area contributed by atoms with Crippen LogP contribution in [0.15, 0.2) is 42.7 Å². The zero-order chi connectivity index (χ0) is 16.7. The Kier molecular flexibility index (Phi) is 3.52. The van der Waals surface area contributed by atoms with Crippen molar-refractivity contribution in [3.8, 4) is 0 Å². The molecule has 1 aromatic heterocycles. The maximum atomic E-state index is 12.7. The number of rotatable bonds is 3. The van der Waals surface area contributed by atoms with Crippen molar-refractivity contribution in [1.82, 2.24) is 14.9 Å².